The van der Waals surface area contributed by atoms with Gasteiger partial charge in [0.25, 0.3) is 0 Å². The van der Waals surface area contributed by atoms with Crippen molar-refractivity contribution in [1.29, 1.82) is 0 Å². The third-order valence-electron chi connectivity index (χ3n) is 5.43. The smallest absolute Gasteiger partial charge is 0.304 e. The topological polar surface area (TPSA) is 106 Å². The quantitative estimate of drug-likeness (QED) is 0.319. The number of thiazole rings is 1. The zero-order chi connectivity index (χ0) is 24.9. The van der Waals surface area contributed by atoms with Gasteiger partial charge in [0, 0.05) is 42.2 Å². The van der Waals surface area contributed by atoms with Crippen molar-refractivity contribution in [1.82, 2.24) is 9.97 Å². The Morgan fingerprint density at radius 1 is 1.23 bits per heavy atom. The van der Waals surface area contributed by atoms with Crippen molar-refractivity contribution in [2.24, 2.45) is 5.92 Å². The molecule has 0 aliphatic heterocycles. The number of rotatable bonds is 9. The van der Waals surface area contributed by atoms with Crippen molar-refractivity contribution in [2.75, 3.05) is 19.1 Å². The minimum absolute atomic E-state index is 0.185. The summed E-state index contributed by atoms with van der Waals surface area (Å²) in [6, 6.07) is 12.7. The Labute approximate surface area is 210 Å². The summed E-state index contributed by atoms with van der Waals surface area (Å²) in [5, 5.41) is 12.1. The van der Waals surface area contributed by atoms with E-state index >= 15 is 0 Å². The third kappa shape index (κ3) is 5.70. The maximum atomic E-state index is 13.2. The Kier molecular flexibility index (Phi) is 7.48. The van der Waals surface area contributed by atoms with Crippen LogP contribution in [0.25, 0.3) is 22.4 Å². The first-order chi connectivity index (χ1) is 16.9. The zero-order valence-electron chi connectivity index (χ0n) is 19.0. The molecule has 8 nitrogen and oxygen atoms in total. The van der Waals surface area contributed by atoms with Crippen LogP contribution < -0.4 is 9.64 Å². The van der Waals surface area contributed by atoms with Crippen LogP contribution >= 0.6 is 22.9 Å². The van der Waals surface area contributed by atoms with Gasteiger partial charge in [0.05, 0.1) is 36.4 Å². The maximum Gasteiger partial charge on any atom is 0.304 e. The number of methoxy groups -OCH3 is 1. The molecule has 0 spiro atoms. The maximum absolute atomic E-state index is 13.2. The molecule has 1 amide bonds. The Balaban J connectivity index is 1.57. The molecule has 4 rings (SSSR count). The van der Waals surface area contributed by atoms with E-state index in [1.54, 1.807) is 44.6 Å². The lowest BCUT2D eigenvalue weighted by atomic mass is 9.98. The summed E-state index contributed by atoms with van der Waals surface area (Å²) in [7, 11) is 3.15. The van der Waals surface area contributed by atoms with Crippen LogP contribution in [0.5, 0.6) is 5.88 Å². The van der Waals surface area contributed by atoms with Gasteiger partial charge in [0.2, 0.25) is 11.8 Å². The number of carbonyl (C=O) groups excluding carboxylic acids is 1. The van der Waals surface area contributed by atoms with Gasteiger partial charge in [-0.3, -0.25) is 14.5 Å². The first-order valence-electron chi connectivity index (χ1n) is 10.6. The van der Waals surface area contributed by atoms with E-state index in [0.717, 1.165) is 11.1 Å². The van der Waals surface area contributed by atoms with E-state index in [1.165, 1.54) is 22.5 Å². The molecule has 35 heavy (non-hydrogen) atoms. The molecular formula is C25H22ClN3O5S. The molecule has 4 aromatic rings. The van der Waals surface area contributed by atoms with Gasteiger partial charge in [-0.25, -0.2) is 9.97 Å². The number of anilines is 1. The van der Waals surface area contributed by atoms with Crippen LogP contribution in [0.3, 0.4) is 0 Å². The van der Waals surface area contributed by atoms with E-state index in [1.807, 2.05) is 23.6 Å². The molecule has 180 valence electrons. The van der Waals surface area contributed by atoms with Gasteiger partial charge in [-0.1, -0.05) is 17.7 Å². The van der Waals surface area contributed by atoms with E-state index in [2.05, 4.69) is 9.97 Å². The molecule has 1 aromatic carbocycles. The van der Waals surface area contributed by atoms with Crippen molar-refractivity contribution in [3.63, 3.8) is 0 Å². The van der Waals surface area contributed by atoms with Gasteiger partial charge >= 0.3 is 5.97 Å². The Morgan fingerprint density at radius 3 is 2.69 bits per heavy atom. The number of aliphatic carboxylic acids is 1. The van der Waals surface area contributed by atoms with Gasteiger partial charge in [0.15, 0.2) is 5.13 Å². The summed E-state index contributed by atoms with van der Waals surface area (Å²) < 4.78 is 10.4. The number of carboxylic acids is 1. The molecule has 0 aliphatic rings. The number of hydrogen-bond acceptors (Lipinski definition) is 7. The molecule has 0 saturated carbocycles. The highest BCUT2D eigenvalue weighted by Gasteiger charge is 2.28. The second-order valence-corrected chi connectivity index (χ2v) is 9.02. The van der Waals surface area contributed by atoms with Crippen molar-refractivity contribution < 1.29 is 23.8 Å². The van der Waals surface area contributed by atoms with Crippen LogP contribution in [0.1, 0.15) is 12.2 Å². The van der Waals surface area contributed by atoms with E-state index in [4.69, 9.17) is 20.8 Å². The second-order valence-electron chi connectivity index (χ2n) is 7.77. The van der Waals surface area contributed by atoms with Gasteiger partial charge in [-0.05, 0) is 35.9 Å². The average molecular weight is 512 g/mol. The highest BCUT2D eigenvalue weighted by molar-refractivity contribution is 7.14. The molecule has 1 atom stereocenters. The molecule has 0 fully saturated rings. The van der Waals surface area contributed by atoms with Crippen molar-refractivity contribution >= 4 is 39.9 Å². The van der Waals surface area contributed by atoms with Gasteiger partial charge < -0.3 is 14.3 Å². The normalized spacial score (nSPS) is 11.7. The highest BCUT2D eigenvalue weighted by Crippen LogP contribution is 2.35. The minimum Gasteiger partial charge on any atom is -0.481 e. The molecule has 0 saturated heterocycles. The first-order valence-corrected chi connectivity index (χ1v) is 11.9. The van der Waals surface area contributed by atoms with E-state index in [-0.39, 0.29) is 18.7 Å². The fourth-order valence-corrected chi connectivity index (χ4v) is 4.62. The molecule has 0 radical (unpaired) electrons. The van der Waals surface area contributed by atoms with Gasteiger partial charge in [-0.2, -0.15) is 0 Å². The Bertz CT molecular complexity index is 1320. The summed E-state index contributed by atoms with van der Waals surface area (Å²) in [5.41, 5.74) is 3.11. The van der Waals surface area contributed by atoms with Crippen molar-refractivity contribution in [3.8, 4) is 28.3 Å². The number of halogens is 1. The summed E-state index contributed by atoms with van der Waals surface area (Å²) in [6.07, 6.45) is 3.08. The number of benzene rings is 1. The fraction of sp³-hybridized carbons (Fsp3) is 0.200. The lowest BCUT2D eigenvalue weighted by molar-refractivity contribution is -0.140. The van der Waals surface area contributed by atoms with Crippen LogP contribution in [0.4, 0.5) is 5.13 Å². The largest absolute Gasteiger partial charge is 0.481 e. The Hall–Kier alpha value is -3.69. The average Bonchev–Trinajstić information content (AvgIpc) is 3.55. The minimum atomic E-state index is -1.06. The molecule has 10 heteroatoms. The number of hydrogen-bond donors (Lipinski definition) is 1. The number of ether oxygens (including phenoxy) is 1. The van der Waals surface area contributed by atoms with Crippen molar-refractivity contribution in [3.05, 3.63) is 71.1 Å². The molecule has 0 bridgehead atoms. The number of nitrogens with zero attached hydrogens (tertiary/aromatic N) is 3. The number of aromatic nitrogens is 2. The summed E-state index contributed by atoms with van der Waals surface area (Å²) >= 11 is 7.75. The highest BCUT2D eigenvalue weighted by atomic mass is 35.5. The predicted molar refractivity (Wildman–Crippen MR) is 134 cm³/mol. The van der Waals surface area contributed by atoms with Crippen LogP contribution in [0.15, 0.2) is 64.7 Å². The SMILES string of the molecule is COc1ccc(-c2ccc(Cl)c(-c3csc(N(C)C(=O)[C@@H](CC(=O)O)Cc4ccco4)n3)c2)cn1. The number of furan rings is 1. The number of carbonyl (C=O) groups is 2. The fourth-order valence-electron chi connectivity index (χ4n) is 3.61. The predicted octanol–water partition coefficient (Wildman–Crippen LogP) is 5.42. The molecule has 0 aliphatic carbocycles. The molecule has 3 aromatic heterocycles. The summed E-state index contributed by atoms with van der Waals surface area (Å²) in [5.74, 6) is -1.12. The zero-order valence-corrected chi connectivity index (χ0v) is 20.5. The number of carboxylic acid groups (broad SMARTS) is 1. The summed E-state index contributed by atoms with van der Waals surface area (Å²) in [4.78, 5) is 34.8. The lowest BCUT2D eigenvalue weighted by Crippen LogP contribution is -2.35. The molecular weight excluding hydrogens is 490 g/mol. The Morgan fingerprint density at radius 2 is 2.03 bits per heavy atom. The third-order valence-corrected chi connectivity index (χ3v) is 6.68. The van der Waals surface area contributed by atoms with E-state index in [9.17, 15) is 14.7 Å². The van der Waals surface area contributed by atoms with Crippen LogP contribution in [0.2, 0.25) is 5.02 Å². The lowest BCUT2D eigenvalue weighted by Gasteiger charge is -2.20. The van der Waals surface area contributed by atoms with E-state index < -0.39 is 11.9 Å². The summed E-state index contributed by atoms with van der Waals surface area (Å²) in [6.45, 7) is 0. The number of amides is 1. The number of pyridine rings is 1. The standard InChI is InChI=1S/C25H22ClN3O5S/c1-29(24(32)17(12-23(30)31)10-18-4-3-9-34-18)25-28-21(14-35-25)19-11-15(5-7-20(19)26)16-6-8-22(33-2)27-13-16/h3-9,11,13-14,17H,10,12H2,1-2H3,(H,30,31)/t17-/m1/s1. The second kappa shape index (κ2) is 10.7. The van der Waals surface area contributed by atoms with Gasteiger partial charge in [-0.15, -0.1) is 11.3 Å². The van der Waals surface area contributed by atoms with Crippen LogP contribution in [0, 0.1) is 5.92 Å². The molecule has 1 N–H and O–H groups in total. The monoisotopic (exact) mass is 511 g/mol. The van der Waals surface area contributed by atoms with E-state index in [0.29, 0.717) is 33.1 Å². The van der Waals surface area contributed by atoms with Crippen LogP contribution in [-0.2, 0) is 16.0 Å². The van der Waals surface area contributed by atoms with Crippen molar-refractivity contribution in [2.45, 2.75) is 12.8 Å². The molecule has 0 unspecified atom stereocenters. The molecule has 3 heterocycles. The van der Waals surface area contributed by atoms with Gasteiger partial charge in [0.1, 0.15) is 5.76 Å². The first kappa shape index (κ1) is 24.4. The van der Waals surface area contributed by atoms with Crippen LogP contribution in [-0.4, -0.2) is 41.1 Å².